The predicted octanol–water partition coefficient (Wildman–Crippen LogP) is 2.76. The maximum Gasteiger partial charge on any atom is 0.119 e. The lowest BCUT2D eigenvalue weighted by Crippen LogP contribution is -2.01. The van der Waals surface area contributed by atoms with Crippen molar-refractivity contribution >= 4 is 0 Å². The van der Waals surface area contributed by atoms with Gasteiger partial charge in [0.1, 0.15) is 5.75 Å². The molecule has 2 heteroatoms. The van der Waals surface area contributed by atoms with Gasteiger partial charge in [-0.15, -0.1) is 0 Å². The number of aryl methyl sites for hydroxylation is 1. The molecule has 0 aliphatic carbocycles. The zero-order valence-corrected chi connectivity index (χ0v) is 9.54. The summed E-state index contributed by atoms with van der Waals surface area (Å²) in [6.07, 6.45) is 4.40. The van der Waals surface area contributed by atoms with Crippen LogP contribution in [0.4, 0.5) is 0 Å². The van der Waals surface area contributed by atoms with Crippen molar-refractivity contribution in [2.24, 2.45) is 5.73 Å². The van der Waals surface area contributed by atoms with Crippen LogP contribution < -0.4 is 10.5 Å². The molecule has 0 bridgehead atoms. The van der Waals surface area contributed by atoms with Crippen LogP contribution in [0.5, 0.6) is 5.75 Å². The van der Waals surface area contributed by atoms with Crippen molar-refractivity contribution in [2.45, 2.75) is 32.6 Å². The molecule has 0 unspecified atom stereocenters. The highest BCUT2D eigenvalue weighted by Crippen LogP contribution is 2.14. The number of hydrogen-bond acceptors (Lipinski definition) is 2. The first-order valence-corrected chi connectivity index (χ1v) is 5.78. The van der Waals surface area contributed by atoms with E-state index in [1.54, 1.807) is 0 Å². The first kappa shape index (κ1) is 12.1. The zero-order chi connectivity index (χ0) is 10.9. The molecule has 0 aliphatic rings. The molecule has 1 aromatic rings. The van der Waals surface area contributed by atoms with Crippen LogP contribution in [0.25, 0.3) is 0 Å². The Morgan fingerprint density at radius 2 is 2.07 bits per heavy atom. The quantitative estimate of drug-likeness (QED) is 0.698. The molecular weight excluding hydrogens is 186 g/mol. The minimum absolute atomic E-state index is 0.783. The molecular formula is C13H21NO. The minimum Gasteiger partial charge on any atom is -0.494 e. The molecule has 0 spiro atoms. The van der Waals surface area contributed by atoms with E-state index in [2.05, 4.69) is 19.1 Å². The van der Waals surface area contributed by atoms with Crippen molar-refractivity contribution in [2.75, 3.05) is 13.2 Å². The summed E-state index contributed by atoms with van der Waals surface area (Å²) in [6, 6.07) is 8.31. The third-order valence-corrected chi connectivity index (χ3v) is 2.42. The summed E-state index contributed by atoms with van der Waals surface area (Å²) in [5, 5.41) is 0. The SMILES string of the molecule is CCc1cccc(OCCCCCN)c1. The van der Waals surface area contributed by atoms with Crippen LogP contribution in [0.2, 0.25) is 0 Å². The molecule has 0 amide bonds. The third-order valence-electron chi connectivity index (χ3n) is 2.42. The maximum absolute atomic E-state index is 5.65. The van der Waals surface area contributed by atoms with Crippen LogP contribution in [0, 0.1) is 0 Å². The molecule has 0 heterocycles. The molecule has 0 radical (unpaired) electrons. The van der Waals surface area contributed by atoms with Gasteiger partial charge >= 0.3 is 0 Å². The van der Waals surface area contributed by atoms with E-state index in [-0.39, 0.29) is 0 Å². The highest BCUT2D eigenvalue weighted by atomic mass is 16.5. The van der Waals surface area contributed by atoms with Crippen LogP contribution in [0.15, 0.2) is 24.3 Å². The average Bonchev–Trinajstić information content (AvgIpc) is 2.29. The number of ether oxygens (including phenoxy) is 1. The van der Waals surface area contributed by atoms with Crippen molar-refractivity contribution in [1.82, 2.24) is 0 Å². The Morgan fingerprint density at radius 1 is 1.20 bits per heavy atom. The molecule has 1 aromatic carbocycles. The summed E-state index contributed by atoms with van der Waals surface area (Å²) in [7, 11) is 0. The van der Waals surface area contributed by atoms with Gasteiger partial charge in [-0.3, -0.25) is 0 Å². The zero-order valence-electron chi connectivity index (χ0n) is 9.54. The topological polar surface area (TPSA) is 35.2 Å². The molecule has 0 saturated carbocycles. The number of rotatable bonds is 7. The van der Waals surface area contributed by atoms with E-state index >= 15 is 0 Å². The fourth-order valence-electron chi connectivity index (χ4n) is 1.47. The van der Waals surface area contributed by atoms with Crippen LogP contribution in [-0.4, -0.2) is 13.2 Å². The second-order valence-corrected chi connectivity index (χ2v) is 3.70. The fraction of sp³-hybridized carbons (Fsp3) is 0.538. The van der Waals surface area contributed by atoms with Crippen molar-refractivity contribution in [3.8, 4) is 5.75 Å². The molecule has 2 N–H and O–H groups in total. The van der Waals surface area contributed by atoms with Crippen molar-refractivity contribution in [1.29, 1.82) is 0 Å². The van der Waals surface area contributed by atoms with E-state index in [4.69, 9.17) is 10.5 Å². The van der Waals surface area contributed by atoms with Crippen LogP contribution in [-0.2, 0) is 6.42 Å². The van der Waals surface area contributed by atoms with E-state index in [1.807, 2.05) is 12.1 Å². The monoisotopic (exact) mass is 207 g/mol. The molecule has 0 aromatic heterocycles. The summed E-state index contributed by atoms with van der Waals surface area (Å²) in [6.45, 7) is 3.73. The van der Waals surface area contributed by atoms with Crippen LogP contribution in [0.1, 0.15) is 31.7 Å². The third kappa shape index (κ3) is 4.84. The Morgan fingerprint density at radius 3 is 2.80 bits per heavy atom. The van der Waals surface area contributed by atoms with Gasteiger partial charge in [0.25, 0.3) is 0 Å². The first-order valence-electron chi connectivity index (χ1n) is 5.78. The molecule has 15 heavy (non-hydrogen) atoms. The lowest BCUT2D eigenvalue weighted by molar-refractivity contribution is 0.305. The van der Waals surface area contributed by atoms with Crippen LogP contribution >= 0.6 is 0 Å². The van der Waals surface area contributed by atoms with Gasteiger partial charge in [-0.25, -0.2) is 0 Å². The molecule has 84 valence electrons. The summed E-state index contributed by atoms with van der Waals surface area (Å²) in [5.74, 6) is 0.988. The molecule has 2 nitrogen and oxygen atoms in total. The van der Waals surface area contributed by atoms with Crippen molar-refractivity contribution in [3.05, 3.63) is 29.8 Å². The average molecular weight is 207 g/mol. The largest absolute Gasteiger partial charge is 0.494 e. The van der Waals surface area contributed by atoms with E-state index in [9.17, 15) is 0 Å². The Balaban J connectivity index is 2.24. The summed E-state index contributed by atoms with van der Waals surface area (Å²) < 4.78 is 5.65. The summed E-state index contributed by atoms with van der Waals surface area (Å²) in [4.78, 5) is 0. The van der Waals surface area contributed by atoms with Gasteiger partial charge in [-0.1, -0.05) is 19.1 Å². The Labute approximate surface area is 92.4 Å². The molecule has 0 atom stereocenters. The molecule has 0 saturated heterocycles. The first-order chi connectivity index (χ1) is 7.36. The Kier molecular flexibility index (Phi) is 5.86. The molecule has 0 aliphatic heterocycles. The standard InChI is InChI=1S/C13H21NO/c1-2-12-7-6-8-13(11-12)15-10-5-3-4-9-14/h6-8,11H,2-5,9-10,14H2,1H3. The lowest BCUT2D eigenvalue weighted by Gasteiger charge is -2.06. The number of unbranched alkanes of at least 4 members (excludes halogenated alkanes) is 2. The molecule has 0 fully saturated rings. The second kappa shape index (κ2) is 7.30. The lowest BCUT2D eigenvalue weighted by atomic mass is 10.2. The van der Waals surface area contributed by atoms with E-state index in [1.165, 1.54) is 5.56 Å². The Bertz CT molecular complexity index is 273. The van der Waals surface area contributed by atoms with Gasteiger partial charge in [0, 0.05) is 0 Å². The fourth-order valence-corrected chi connectivity index (χ4v) is 1.47. The van der Waals surface area contributed by atoms with Crippen molar-refractivity contribution in [3.63, 3.8) is 0 Å². The van der Waals surface area contributed by atoms with Gasteiger partial charge in [0.2, 0.25) is 0 Å². The van der Waals surface area contributed by atoms with E-state index in [0.717, 1.165) is 44.6 Å². The highest BCUT2D eigenvalue weighted by molar-refractivity contribution is 5.28. The van der Waals surface area contributed by atoms with Crippen LogP contribution in [0.3, 0.4) is 0 Å². The van der Waals surface area contributed by atoms with Gasteiger partial charge in [-0.2, -0.15) is 0 Å². The van der Waals surface area contributed by atoms with Gasteiger partial charge in [0.05, 0.1) is 6.61 Å². The Hall–Kier alpha value is -1.02. The summed E-state index contributed by atoms with van der Waals surface area (Å²) in [5.41, 5.74) is 6.75. The molecule has 1 rings (SSSR count). The number of nitrogens with two attached hydrogens (primary N) is 1. The van der Waals surface area contributed by atoms with Gasteiger partial charge in [-0.05, 0) is 49.9 Å². The summed E-state index contributed by atoms with van der Waals surface area (Å²) >= 11 is 0. The number of hydrogen-bond donors (Lipinski definition) is 1. The van der Waals surface area contributed by atoms with Gasteiger partial charge in [0.15, 0.2) is 0 Å². The number of benzene rings is 1. The second-order valence-electron chi connectivity index (χ2n) is 3.70. The van der Waals surface area contributed by atoms with Gasteiger partial charge < -0.3 is 10.5 Å². The van der Waals surface area contributed by atoms with Crippen molar-refractivity contribution < 1.29 is 4.74 Å². The van der Waals surface area contributed by atoms with E-state index < -0.39 is 0 Å². The van der Waals surface area contributed by atoms with E-state index in [0.29, 0.717) is 0 Å². The minimum atomic E-state index is 0.783. The predicted molar refractivity (Wildman–Crippen MR) is 64.2 cm³/mol. The maximum atomic E-state index is 5.65. The highest BCUT2D eigenvalue weighted by Gasteiger charge is 1.95. The normalized spacial score (nSPS) is 10.3. The smallest absolute Gasteiger partial charge is 0.119 e.